The predicted octanol–water partition coefficient (Wildman–Crippen LogP) is 4.07. The minimum atomic E-state index is -0.0998. The van der Waals surface area contributed by atoms with E-state index in [0.717, 1.165) is 39.5 Å². The fourth-order valence-corrected chi connectivity index (χ4v) is 3.40. The number of nitrogens with zero attached hydrogens (tertiary/aromatic N) is 3. The van der Waals surface area contributed by atoms with E-state index in [0.29, 0.717) is 6.61 Å². The molecule has 0 unspecified atom stereocenters. The van der Waals surface area contributed by atoms with E-state index < -0.39 is 0 Å². The summed E-state index contributed by atoms with van der Waals surface area (Å²) in [6.07, 6.45) is 0. The molecule has 0 saturated heterocycles. The molecule has 2 aromatic carbocycles. The summed E-state index contributed by atoms with van der Waals surface area (Å²) in [6, 6.07) is 18.1. The molecule has 6 nitrogen and oxygen atoms in total. The third-order valence-electron chi connectivity index (χ3n) is 5.08. The molecule has 0 bridgehead atoms. The van der Waals surface area contributed by atoms with E-state index in [1.807, 2.05) is 50.2 Å². The van der Waals surface area contributed by atoms with Crippen LogP contribution in [0.3, 0.4) is 0 Å². The van der Waals surface area contributed by atoms with E-state index >= 15 is 0 Å². The number of benzene rings is 2. The average molecular weight is 388 g/mol. The number of aryl methyl sites for hydroxylation is 4. The van der Waals surface area contributed by atoms with Crippen molar-refractivity contribution >= 4 is 0 Å². The van der Waals surface area contributed by atoms with Gasteiger partial charge in [-0.1, -0.05) is 35.9 Å². The van der Waals surface area contributed by atoms with Gasteiger partial charge in [0.25, 0.3) is 0 Å². The van der Waals surface area contributed by atoms with Gasteiger partial charge in [0.2, 0.25) is 0 Å². The largest absolute Gasteiger partial charge is 0.487 e. The number of aromatic nitrogens is 4. The van der Waals surface area contributed by atoms with Crippen molar-refractivity contribution in [3.63, 3.8) is 0 Å². The maximum atomic E-state index is 12.1. The van der Waals surface area contributed by atoms with Gasteiger partial charge in [-0.2, -0.15) is 4.68 Å². The van der Waals surface area contributed by atoms with Crippen molar-refractivity contribution in [3.05, 3.63) is 87.5 Å². The van der Waals surface area contributed by atoms with Crippen molar-refractivity contribution < 1.29 is 4.74 Å². The normalized spacial score (nSPS) is 11.0. The Morgan fingerprint density at radius 3 is 2.52 bits per heavy atom. The summed E-state index contributed by atoms with van der Waals surface area (Å²) in [5.41, 5.74) is 6.77. The van der Waals surface area contributed by atoms with Gasteiger partial charge in [-0.15, -0.1) is 0 Å². The SMILES string of the molecule is Cc1cccc(-c2ccc(OCc3c(C)cccc3-n3[nH]n(C)c3=O)c(C)n2)c1. The molecule has 0 saturated carbocycles. The van der Waals surface area contributed by atoms with Gasteiger partial charge in [0.1, 0.15) is 12.4 Å². The minimum absolute atomic E-state index is 0.0998. The minimum Gasteiger partial charge on any atom is -0.487 e. The molecular weight excluding hydrogens is 364 g/mol. The number of hydrogen-bond donors (Lipinski definition) is 1. The molecule has 148 valence electrons. The first-order chi connectivity index (χ1) is 13.9. The summed E-state index contributed by atoms with van der Waals surface area (Å²) < 4.78 is 9.06. The zero-order chi connectivity index (χ0) is 20.5. The molecule has 0 atom stereocenters. The van der Waals surface area contributed by atoms with Gasteiger partial charge in [-0.3, -0.25) is 0 Å². The Balaban J connectivity index is 1.59. The van der Waals surface area contributed by atoms with Gasteiger partial charge in [-0.05, 0) is 50.6 Å². The molecule has 4 rings (SSSR count). The lowest BCUT2D eigenvalue weighted by Gasteiger charge is -2.19. The predicted molar refractivity (Wildman–Crippen MR) is 114 cm³/mol. The van der Waals surface area contributed by atoms with Crippen LogP contribution in [0.15, 0.2) is 59.4 Å². The molecule has 6 heteroatoms. The number of aromatic amines is 1. The van der Waals surface area contributed by atoms with E-state index in [1.54, 1.807) is 7.05 Å². The van der Waals surface area contributed by atoms with Crippen molar-refractivity contribution in [1.82, 2.24) is 19.6 Å². The number of ether oxygens (including phenoxy) is 1. The Hall–Kier alpha value is -3.54. The highest BCUT2D eigenvalue weighted by molar-refractivity contribution is 5.61. The molecule has 1 N–H and O–H groups in total. The van der Waals surface area contributed by atoms with Crippen molar-refractivity contribution in [2.45, 2.75) is 27.4 Å². The Morgan fingerprint density at radius 1 is 1.03 bits per heavy atom. The van der Waals surface area contributed by atoms with Crippen LogP contribution in [-0.4, -0.2) is 19.6 Å². The van der Waals surface area contributed by atoms with Crippen LogP contribution >= 0.6 is 0 Å². The monoisotopic (exact) mass is 388 g/mol. The van der Waals surface area contributed by atoms with Gasteiger partial charge in [0, 0.05) is 18.2 Å². The van der Waals surface area contributed by atoms with Crippen LogP contribution in [0, 0.1) is 20.8 Å². The van der Waals surface area contributed by atoms with Crippen molar-refractivity contribution in [3.8, 4) is 22.7 Å². The van der Waals surface area contributed by atoms with Crippen molar-refractivity contribution in [1.29, 1.82) is 0 Å². The first-order valence-electron chi connectivity index (χ1n) is 9.54. The van der Waals surface area contributed by atoms with E-state index in [-0.39, 0.29) is 5.69 Å². The number of hydrogen-bond acceptors (Lipinski definition) is 3. The molecule has 0 aliphatic heterocycles. The molecule has 0 aliphatic rings. The van der Waals surface area contributed by atoms with Crippen LogP contribution in [-0.2, 0) is 13.7 Å². The molecule has 0 radical (unpaired) electrons. The zero-order valence-corrected chi connectivity index (χ0v) is 17.1. The Labute approximate surface area is 169 Å². The van der Waals surface area contributed by atoms with E-state index in [9.17, 15) is 4.79 Å². The summed E-state index contributed by atoms with van der Waals surface area (Å²) in [4.78, 5) is 16.8. The molecule has 4 aromatic rings. The number of pyridine rings is 1. The second-order valence-corrected chi connectivity index (χ2v) is 7.29. The lowest BCUT2D eigenvalue weighted by atomic mass is 10.1. The third-order valence-corrected chi connectivity index (χ3v) is 5.08. The summed E-state index contributed by atoms with van der Waals surface area (Å²) in [6.45, 7) is 6.39. The van der Waals surface area contributed by atoms with Gasteiger partial charge in [0.15, 0.2) is 0 Å². The van der Waals surface area contributed by atoms with Crippen LogP contribution in [0.4, 0.5) is 0 Å². The number of rotatable bonds is 5. The lowest BCUT2D eigenvalue weighted by Crippen LogP contribution is -2.40. The van der Waals surface area contributed by atoms with E-state index in [4.69, 9.17) is 9.72 Å². The first-order valence-corrected chi connectivity index (χ1v) is 9.54. The van der Waals surface area contributed by atoms with Crippen LogP contribution < -0.4 is 10.4 Å². The maximum Gasteiger partial charge on any atom is 0.364 e. The van der Waals surface area contributed by atoms with Crippen LogP contribution in [0.25, 0.3) is 16.9 Å². The first kappa shape index (κ1) is 18.8. The highest BCUT2D eigenvalue weighted by Crippen LogP contribution is 2.25. The zero-order valence-electron chi connectivity index (χ0n) is 17.1. The number of H-pyrrole nitrogens is 1. The molecule has 0 aliphatic carbocycles. The standard InChI is InChI=1S/C23H24N4O2/c1-15-7-5-9-18(13-15)20-11-12-22(17(3)24-20)29-14-19-16(2)8-6-10-21(19)27-23(28)26(4)25-27/h5-13,25H,14H2,1-4H3. The van der Waals surface area contributed by atoms with Gasteiger partial charge in [0.05, 0.1) is 17.1 Å². The van der Waals surface area contributed by atoms with E-state index in [2.05, 4.69) is 30.3 Å². The third kappa shape index (κ3) is 3.61. The van der Waals surface area contributed by atoms with Crippen LogP contribution in [0.1, 0.15) is 22.4 Å². The van der Waals surface area contributed by atoms with E-state index in [1.165, 1.54) is 14.9 Å². The highest BCUT2D eigenvalue weighted by atomic mass is 16.5. The topological polar surface area (TPSA) is 64.8 Å². The Morgan fingerprint density at radius 2 is 1.83 bits per heavy atom. The van der Waals surface area contributed by atoms with Crippen molar-refractivity contribution in [2.75, 3.05) is 0 Å². The fraction of sp³-hybridized carbons (Fsp3) is 0.217. The molecule has 2 heterocycles. The Kier molecular flexibility index (Phi) is 4.84. The molecular formula is C23H24N4O2. The van der Waals surface area contributed by atoms with Gasteiger partial charge >= 0.3 is 5.69 Å². The molecule has 0 fully saturated rings. The summed E-state index contributed by atoms with van der Waals surface area (Å²) >= 11 is 0. The number of nitrogens with one attached hydrogen (secondary N) is 1. The summed E-state index contributed by atoms with van der Waals surface area (Å²) in [5.74, 6) is 0.732. The lowest BCUT2D eigenvalue weighted by molar-refractivity contribution is 0.300. The smallest absolute Gasteiger partial charge is 0.364 e. The quantitative estimate of drug-likeness (QED) is 0.560. The molecule has 29 heavy (non-hydrogen) atoms. The second-order valence-electron chi connectivity index (χ2n) is 7.29. The molecule has 0 amide bonds. The van der Waals surface area contributed by atoms with Gasteiger partial charge < -0.3 is 4.74 Å². The summed E-state index contributed by atoms with van der Waals surface area (Å²) in [7, 11) is 1.69. The maximum absolute atomic E-state index is 12.1. The van der Waals surface area contributed by atoms with Crippen molar-refractivity contribution in [2.24, 2.45) is 7.05 Å². The molecule has 2 aromatic heterocycles. The van der Waals surface area contributed by atoms with Gasteiger partial charge in [-0.25, -0.2) is 19.7 Å². The van der Waals surface area contributed by atoms with Crippen LogP contribution in [0.5, 0.6) is 5.75 Å². The Bertz CT molecular complexity index is 1230. The average Bonchev–Trinajstić information content (AvgIpc) is 2.71. The summed E-state index contributed by atoms with van der Waals surface area (Å²) in [5, 5.41) is 2.97. The molecule has 0 spiro atoms. The highest BCUT2D eigenvalue weighted by Gasteiger charge is 2.14. The van der Waals surface area contributed by atoms with Crippen LogP contribution in [0.2, 0.25) is 0 Å². The fourth-order valence-electron chi connectivity index (χ4n) is 3.40. The second kappa shape index (κ2) is 7.47.